The molecule has 1 aromatic heterocycles. The molecule has 2 amide bonds. The van der Waals surface area contributed by atoms with Gasteiger partial charge in [0.25, 0.3) is 0 Å². The first-order chi connectivity index (χ1) is 13.4. The molecule has 144 valence electrons. The normalized spacial score (nSPS) is 10.5. The third-order valence-corrected chi connectivity index (χ3v) is 4.10. The number of rotatable bonds is 5. The van der Waals surface area contributed by atoms with Gasteiger partial charge in [-0.15, -0.1) is 0 Å². The van der Waals surface area contributed by atoms with Gasteiger partial charge in [0.15, 0.2) is 0 Å². The van der Waals surface area contributed by atoms with Crippen LogP contribution >= 0.6 is 0 Å². The second-order valence-electron chi connectivity index (χ2n) is 6.18. The van der Waals surface area contributed by atoms with Crippen molar-refractivity contribution < 1.29 is 18.4 Å². The third-order valence-electron chi connectivity index (χ3n) is 4.10. The van der Waals surface area contributed by atoms with Crippen molar-refractivity contribution >= 4 is 17.5 Å². The fourth-order valence-electron chi connectivity index (χ4n) is 2.64. The van der Waals surface area contributed by atoms with Crippen molar-refractivity contribution in [1.82, 2.24) is 14.9 Å². The molecule has 2 aromatic carbocycles. The first-order valence-corrected chi connectivity index (χ1v) is 8.52. The molecule has 3 rings (SSSR count). The number of anilines is 1. The molecule has 0 bridgehead atoms. The lowest BCUT2D eigenvalue weighted by molar-refractivity contribution is -0.136. The summed E-state index contributed by atoms with van der Waals surface area (Å²) < 4.78 is 28.7. The molecule has 3 aromatic rings. The molecule has 0 atom stereocenters. The summed E-state index contributed by atoms with van der Waals surface area (Å²) in [6.07, 6.45) is 3.60. The molecule has 0 aliphatic heterocycles. The zero-order valence-electron chi connectivity index (χ0n) is 15.1. The van der Waals surface area contributed by atoms with Crippen LogP contribution in [0.25, 0.3) is 0 Å². The maximum absolute atomic E-state index is 13.6. The lowest BCUT2D eigenvalue weighted by atomic mass is 10.1. The van der Waals surface area contributed by atoms with E-state index in [0.717, 1.165) is 35.2 Å². The Morgan fingerprint density at radius 1 is 1.07 bits per heavy atom. The van der Waals surface area contributed by atoms with E-state index in [9.17, 15) is 18.4 Å². The van der Waals surface area contributed by atoms with Crippen molar-refractivity contribution in [2.75, 3.05) is 5.32 Å². The maximum Gasteiger partial charge on any atom is 0.313 e. The predicted octanol–water partition coefficient (Wildman–Crippen LogP) is 2.77. The van der Waals surface area contributed by atoms with Gasteiger partial charge in [0.1, 0.15) is 17.5 Å². The summed E-state index contributed by atoms with van der Waals surface area (Å²) in [5, 5.41) is 4.52. The Kier molecular flexibility index (Phi) is 5.78. The summed E-state index contributed by atoms with van der Waals surface area (Å²) in [6, 6.07) is 10.1. The number of aromatic nitrogens is 2. The monoisotopic (exact) mass is 384 g/mol. The van der Waals surface area contributed by atoms with Crippen LogP contribution in [-0.4, -0.2) is 21.4 Å². The number of nitrogens with one attached hydrogen (secondary N) is 2. The number of carbonyl (C=O) groups excluding carboxylic acids is 2. The van der Waals surface area contributed by atoms with Crippen molar-refractivity contribution in [1.29, 1.82) is 0 Å². The van der Waals surface area contributed by atoms with Crippen LogP contribution in [-0.2, 0) is 22.7 Å². The highest BCUT2D eigenvalue weighted by Gasteiger charge is 2.16. The van der Waals surface area contributed by atoms with Crippen LogP contribution in [0.3, 0.4) is 0 Å². The van der Waals surface area contributed by atoms with Gasteiger partial charge in [-0.3, -0.25) is 9.59 Å². The number of hydrogen-bond acceptors (Lipinski definition) is 3. The molecule has 8 heteroatoms. The first kappa shape index (κ1) is 19.2. The number of imidazole rings is 1. The Bertz CT molecular complexity index is 1020. The second kappa shape index (κ2) is 8.43. The summed E-state index contributed by atoms with van der Waals surface area (Å²) in [5.41, 5.74) is 1.42. The zero-order valence-corrected chi connectivity index (χ0v) is 15.1. The lowest BCUT2D eigenvalue weighted by Gasteiger charge is -2.09. The highest BCUT2D eigenvalue weighted by atomic mass is 19.1. The van der Waals surface area contributed by atoms with E-state index < -0.39 is 29.1 Å². The quantitative estimate of drug-likeness (QED) is 0.664. The van der Waals surface area contributed by atoms with E-state index in [1.54, 1.807) is 6.20 Å². The second-order valence-corrected chi connectivity index (χ2v) is 6.18. The number of amides is 2. The molecule has 6 nitrogen and oxygen atoms in total. The van der Waals surface area contributed by atoms with Crippen molar-refractivity contribution in [2.24, 2.45) is 0 Å². The molecule has 1 heterocycles. The molecule has 2 N–H and O–H groups in total. The van der Waals surface area contributed by atoms with E-state index in [-0.39, 0.29) is 6.54 Å². The first-order valence-electron chi connectivity index (χ1n) is 8.52. The standard InChI is InChI=1S/C20H18F2N4O2/c1-13-23-7-8-26(13)12-15-4-2-3-14(9-15)11-24-19(27)20(28)25-18-10-16(21)5-6-17(18)22/h2-10H,11-12H2,1H3,(H,24,27)(H,25,28). The van der Waals surface area contributed by atoms with Gasteiger partial charge in [-0.1, -0.05) is 24.3 Å². The summed E-state index contributed by atoms with van der Waals surface area (Å²) in [5.74, 6) is -2.68. The molecule has 0 spiro atoms. The number of aryl methyl sites for hydroxylation is 1. The molecule has 0 saturated heterocycles. The molecule has 0 aliphatic rings. The van der Waals surface area contributed by atoms with Crippen molar-refractivity contribution in [2.45, 2.75) is 20.0 Å². The minimum Gasteiger partial charge on any atom is -0.344 e. The Labute approximate surface area is 160 Å². The van der Waals surface area contributed by atoms with Crippen LogP contribution in [0.5, 0.6) is 0 Å². The Hall–Kier alpha value is -3.55. The average Bonchev–Trinajstić information content (AvgIpc) is 3.07. The van der Waals surface area contributed by atoms with E-state index in [0.29, 0.717) is 6.54 Å². The number of hydrogen-bond donors (Lipinski definition) is 2. The summed E-state index contributed by atoms with van der Waals surface area (Å²) in [6.45, 7) is 2.66. The van der Waals surface area contributed by atoms with Gasteiger partial charge in [0.05, 0.1) is 5.69 Å². The van der Waals surface area contributed by atoms with Crippen molar-refractivity contribution in [3.05, 3.63) is 83.4 Å². The molecule has 28 heavy (non-hydrogen) atoms. The molecule has 0 unspecified atom stereocenters. The topological polar surface area (TPSA) is 76.0 Å². The van der Waals surface area contributed by atoms with Gasteiger partial charge in [-0.2, -0.15) is 0 Å². The van der Waals surface area contributed by atoms with Gasteiger partial charge < -0.3 is 15.2 Å². The van der Waals surface area contributed by atoms with E-state index in [1.807, 2.05) is 42.0 Å². The van der Waals surface area contributed by atoms with Crippen LogP contribution in [0, 0.1) is 18.6 Å². The summed E-state index contributed by atoms with van der Waals surface area (Å²) >= 11 is 0. The average molecular weight is 384 g/mol. The zero-order chi connectivity index (χ0) is 20.1. The maximum atomic E-state index is 13.6. The summed E-state index contributed by atoms with van der Waals surface area (Å²) in [7, 11) is 0. The van der Waals surface area contributed by atoms with Crippen LogP contribution in [0.15, 0.2) is 54.9 Å². The minimum atomic E-state index is -1.07. The molecule has 0 aliphatic carbocycles. The largest absolute Gasteiger partial charge is 0.344 e. The fourth-order valence-corrected chi connectivity index (χ4v) is 2.64. The van der Waals surface area contributed by atoms with Gasteiger partial charge >= 0.3 is 11.8 Å². The van der Waals surface area contributed by atoms with Crippen molar-refractivity contribution in [3.8, 4) is 0 Å². The predicted molar refractivity (Wildman–Crippen MR) is 99.3 cm³/mol. The number of nitrogens with zero attached hydrogens (tertiary/aromatic N) is 2. The van der Waals surface area contributed by atoms with Gasteiger partial charge in [0.2, 0.25) is 0 Å². The SMILES string of the molecule is Cc1nccn1Cc1cccc(CNC(=O)C(=O)Nc2cc(F)ccc2F)c1. The Morgan fingerprint density at radius 3 is 2.61 bits per heavy atom. The Balaban J connectivity index is 1.58. The van der Waals surface area contributed by atoms with Gasteiger partial charge in [-0.05, 0) is 30.2 Å². The van der Waals surface area contributed by atoms with Crippen LogP contribution in [0.4, 0.5) is 14.5 Å². The molecular weight excluding hydrogens is 366 g/mol. The van der Waals surface area contributed by atoms with Crippen LogP contribution < -0.4 is 10.6 Å². The van der Waals surface area contributed by atoms with E-state index in [1.165, 1.54) is 0 Å². The fraction of sp³-hybridized carbons (Fsp3) is 0.150. The van der Waals surface area contributed by atoms with Crippen LogP contribution in [0.1, 0.15) is 17.0 Å². The molecular formula is C20H18F2N4O2. The molecule has 0 fully saturated rings. The third kappa shape index (κ3) is 4.79. The van der Waals surface area contributed by atoms with Gasteiger partial charge in [0, 0.05) is 31.5 Å². The van der Waals surface area contributed by atoms with E-state index in [2.05, 4.69) is 15.6 Å². The molecule has 0 saturated carbocycles. The number of carbonyl (C=O) groups is 2. The highest BCUT2D eigenvalue weighted by Crippen LogP contribution is 2.15. The summed E-state index contributed by atoms with van der Waals surface area (Å²) in [4.78, 5) is 28.0. The van der Waals surface area contributed by atoms with Crippen molar-refractivity contribution in [3.63, 3.8) is 0 Å². The van der Waals surface area contributed by atoms with E-state index >= 15 is 0 Å². The van der Waals surface area contributed by atoms with Crippen LogP contribution in [0.2, 0.25) is 0 Å². The minimum absolute atomic E-state index is 0.120. The lowest BCUT2D eigenvalue weighted by Crippen LogP contribution is -2.35. The van der Waals surface area contributed by atoms with Gasteiger partial charge in [-0.25, -0.2) is 13.8 Å². The smallest absolute Gasteiger partial charge is 0.313 e. The molecule has 0 radical (unpaired) electrons. The highest BCUT2D eigenvalue weighted by molar-refractivity contribution is 6.39. The Morgan fingerprint density at radius 2 is 1.86 bits per heavy atom. The van der Waals surface area contributed by atoms with E-state index in [4.69, 9.17) is 0 Å². The number of halogens is 2. The number of benzene rings is 2.